The van der Waals surface area contributed by atoms with Gasteiger partial charge in [0.25, 0.3) is 5.91 Å². The maximum atomic E-state index is 13.2. The summed E-state index contributed by atoms with van der Waals surface area (Å²) in [5.41, 5.74) is 0.882. The van der Waals surface area contributed by atoms with Crippen LogP contribution in [-0.4, -0.2) is 15.7 Å². The molecule has 0 aliphatic rings. The van der Waals surface area contributed by atoms with Crippen molar-refractivity contribution in [1.82, 2.24) is 9.78 Å². The molecule has 1 N–H and O–H groups in total. The molecular formula is C24H22F3N3O. The van der Waals surface area contributed by atoms with Gasteiger partial charge in [-0.2, -0.15) is 18.3 Å². The summed E-state index contributed by atoms with van der Waals surface area (Å²) in [7, 11) is 1.34. The second-order valence-electron chi connectivity index (χ2n) is 8.14. The molecule has 4 nitrogen and oxygen atoms in total. The molecule has 0 spiro atoms. The highest BCUT2D eigenvalue weighted by molar-refractivity contribution is 6.07. The molecule has 1 aromatic heterocycles. The van der Waals surface area contributed by atoms with Crippen LogP contribution in [0.15, 0.2) is 54.7 Å². The summed E-state index contributed by atoms with van der Waals surface area (Å²) in [5.74, 6) is 5.41. The van der Waals surface area contributed by atoms with Gasteiger partial charge in [-0.3, -0.25) is 9.48 Å². The topological polar surface area (TPSA) is 46.9 Å². The quantitative estimate of drug-likeness (QED) is 0.543. The van der Waals surface area contributed by atoms with E-state index in [0.717, 1.165) is 22.0 Å². The maximum absolute atomic E-state index is 13.2. The second kappa shape index (κ2) is 8.31. The fraction of sp³-hybridized carbons (Fsp3) is 0.250. The molecule has 3 aromatic rings. The summed E-state index contributed by atoms with van der Waals surface area (Å²) < 4.78 is 40.6. The van der Waals surface area contributed by atoms with Crippen molar-refractivity contribution in [3.63, 3.8) is 0 Å². The predicted molar refractivity (Wildman–Crippen MR) is 114 cm³/mol. The number of nitrogens with zero attached hydrogens (tertiary/aromatic N) is 2. The van der Waals surface area contributed by atoms with Gasteiger partial charge in [-0.1, -0.05) is 42.2 Å². The van der Waals surface area contributed by atoms with E-state index in [-0.39, 0.29) is 5.41 Å². The molecule has 7 heteroatoms. The predicted octanol–water partition coefficient (Wildman–Crippen LogP) is 5.76. The second-order valence-corrected chi connectivity index (χ2v) is 8.14. The van der Waals surface area contributed by atoms with Crippen LogP contribution in [-0.2, 0) is 13.2 Å². The number of hydrogen-bond acceptors (Lipinski definition) is 2. The van der Waals surface area contributed by atoms with E-state index in [1.165, 1.54) is 7.05 Å². The number of hydrogen-bond donors (Lipinski definition) is 1. The molecule has 1 amide bonds. The lowest BCUT2D eigenvalue weighted by atomic mass is 9.97. The van der Waals surface area contributed by atoms with Gasteiger partial charge >= 0.3 is 6.18 Å². The van der Waals surface area contributed by atoms with Crippen molar-refractivity contribution < 1.29 is 18.0 Å². The summed E-state index contributed by atoms with van der Waals surface area (Å²) in [6.07, 6.45) is -3.67. The minimum atomic E-state index is -4.72. The van der Waals surface area contributed by atoms with Crippen molar-refractivity contribution in [2.24, 2.45) is 12.5 Å². The Morgan fingerprint density at radius 3 is 2.29 bits per heavy atom. The molecule has 0 aliphatic carbocycles. The van der Waals surface area contributed by atoms with Gasteiger partial charge in [0.2, 0.25) is 0 Å². The van der Waals surface area contributed by atoms with Crippen molar-refractivity contribution >= 4 is 11.6 Å². The molecule has 1 heterocycles. The summed E-state index contributed by atoms with van der Waals surface area (Å²) in [4.78, 5) is 12.6. The van der Waals surface area contributed by atoms with Crippen LogP contribution in [0.5, 0.6) is 0 Å². The Hall–Kier alpha value is -3.53. The van der Waals surface area contributed by atoms with Crippen molar-refractivity contribution in [1.29, 1.82) is 0 Å². The SMILES string of the molecule is Cn1cc(C(=O)Nc2ccccc2-c2ccc(C#CC(C)(C)C)cc2)c(C(F)(F)F)n1. The van der Waals surface area contributed by atoms with Crippen LogP contribution in [0.3, 0.4) is 0 Å². The van der Waals surface area contributed by atoms with E-state index in [9.17, 15) is 18.0 Å². The molecule has 0 saturated heterocycles. The van der Waals surface area contributed by atoms with Crippen molar-refractivity contribution in [3.8, 4) is 23.0 Å². The van der Waals surface area contributed by atoms with Gasteiger partial charge in [0.15, 0.2) is 5.69 Å². The smallest absolute Gasteiger partial charge is 0.321 e. The highest BCUT2D eigenvalue weighted by Gasteiger charge is 2.39. The average Bonchev–Trinajstić information content (AvgIpc) is 3.09. The molecule has 31 heavy (non-hydrogen) atoms. The number of carbonyl (C=O) groups is 1. The Morgan fingerprint density at radius 2 is 1.68 bits per heavy atom. The van der Waals surface area contributed by atoms with E-state index in [1.807, 2.05) is 45.0 Å². The number of amides is 1. The van der Waals surface area contributed by atoms with Crippen LogP contribution >= 0.6 is 0 Å². The Morgan fingerprint density at radius 1 is 1.03 bits per heavy atom. The summed E-state index contributed by atoms with van der Waals surface area (Å²) in [6, 6.07) is 14.4. The standard InChI is InChI=1S/C24H22F3N3O/c1-23(2,3)14-13-16-9-11-17(12-10-16)18-7-5-6-8-20(18)28-22(31)19-15-30(4)29-21(19)24(25,26)27/h5-12,15H,1-4H3,(H,28,31). The Kier molecular flexibility index (Phi) is 5.94. The Balaban J connectivity index is 1.90. The van der Waals surface area contributed by atoms with Crippen LogP contribution in [0, 0.1) is 17.3 Å². The number of carbonyl (C=O) groups excluding carboxylic acids is 1. The molecule has 0 radical (unpaired) electrons. The van der Waals surface area contributed by atoms with Gasteiger partial charge in [-0.05, 0) is 44.5 Å². The number of aryl methyl sites for hydroxylation is 1. The zero-order chi connectivity index (χ0) is 22.8. The molecule has 2 aromatic carbocycles. The monoisotopic (exact) mass is 425 g/mol. The summed E-state index contributed by atoms with van der Waals surface area (Å²) in [5, 5.41) is 5.98. The lowest BCUT2D eigenvalue weighted by Crippen LogP contribution is -2.18. The Labute approximate surface area is 179 Å². The van der Waals surface area contributed by atoms with Crippen LogP contribution in [0.4, 0.5) is 18.9 Å². The van der Waals surface area contributed by atoms with Crippen molar-refractivity contribution in [2.75, 3.05) is 5.32 Å². The largest absolute Gasteiger partial charge is 0.435 e. The molecular weight excluding hydrogens is 403 g/mol. The first-order valence-corrected chi connectivity index (χ1v) is 9.59. The van der Waals surface area contributed by atoms with Crippen molar-refractivity contribution in [3.05, 3.63) is 71.5 Å². The van der Waals surface area contributed by atoms with Crippen LogP contribution in [0.25, 0.3) is 11.1 Å². The molecule has 0 bridgehead atoms. The van der Waals surface area contributed by atoms with Crippen LogP contribution in [0.1, 0.15) is 42.4 Å². The number of alkyl halides is 3. The van der Waals surface area contributed by atoms with E-state index in [0.29, 0.717) is 11.3 Å². The molecule has 0 fully saturated rings. The number of halogens is 3. The summed E-state index contributed by atoms with van der Waals surface area (Å²) >= 11 is 0. The number of benzene rings is 2. The maximum Gasteiger partial charge on any atom is 0.435 e. The molecule has 0 saturated carbocycles. The van der Waals surface area contributed by atoms with Gasteiger partial charge in [0.1, 0.15) is 0 Å². The van der Waals surface area contributed by atoms with E-state index in [4.69, 9.17) is 0 Å². The normalized spacial score (nSPS) is 11.6. The molecule has 0 unspecified atom stereocenters. The minimum absolute atomic E-state index is 0.114. The number of aromatic nitrogens is 2. The van der Waals surface area contributed by atoms with E-state index < -0.39 is 23.3 Å². The molecule has 0 atom stereocenters. The highest BCUT2D eigenvalue weighted by atomic mass is 19.4. The third-order valence-corrected chi connectivity index (χ3v) is 4.29. The Bertz CT molecular complexity index is 1160. The third kappa shape index (κ3) is 5.54. The number of para-hydroxylation sites is 1. The van der Waals surface area contributed by atoms with Gasteiger partial charge in [0.05, 0.1) is 5.56 Å². The van der Waals surface area contributed by atoms with E-state index in [1.54, 1.807) is 24.3 Å². The van der Waals surface area contributed by atoms with Crippen molar-refractivity contribution in [2.45, 2.75) is 26.9 Å². The molecule has 0 aliphatic heterocycles. The van der Waals surface area contributed by atoms with Crippen LogP contribution < -0.4 is 5.32 Å². The lowest BCUT2D eigenvalue weighted by Gasteiger charge is -2.12. The molecule has 160 valence electrons. The fourth-order valence-electron chi connectivity index (χ4n) is 2.89. The van der Waals surface area contributed by atoms with Gasteiger partial charge < -0.3 is 5.32 Å². The number of nitrogens with one attached hydrogen (secondary N) is 1. The zero-order valence-corrected chi connectivity index (χ0v) is 17.6. The summed E-state index contributed by atoms with van der Waals surface area (Å²) in [6.45, 7) is 6.08. The first-order valence-electron chi connectivity index (χ1n) is 9.59. The lowest BCUT2D eigenvalue weighted by molar-refractivity contribution is -0.141. The van der Waals surface area contributed by atoms with Gasteiger partial charge in [0, 0.05) is 35.5 Å². The van der Waals surface area contributed by atoms with Gasteiger partial charge in [-0.15, -0.1) is 0 Å². The zero-order valence-electron chi connectivity index (χ0n) is 17.6. The first kappa shape index (κ1) is 22.2. The minimum Gasteiger partial charge on any atom is -0.321 e. The number of anilines is 1. The highest BCUT2D eigenvalue weighted by Crippen LogP contribution is 2.32. The van der Waals surface area contributed by atoms with Gasteiger partial charge in [-0.25, -0.2) is 0 Å². The first-order chi connectivity index (χ1) is 14.4. The fourth-order valence-corrected chi connectivity index (χ4v) is 2.89. The van der Waals surface area contributed by atoms with E-state index in [2.05, 4.69) is 22.3 Å². The average molecular weight is 425 g/mol. The third-order valence-electron chi connectivity index (χ3n) is 4.29. The number of rotatable bonds is 3. The van der Waals surface area contributed by atoms with E-state index >= 15 is 0 Å². The van der Waals surface area contributed by atoms with Crippen LogP contribution in [0.2, 0.25) is 0 Å². The molecule has 3 rings (SSSR count).